The third-order valence-corrected chi connectivity index (χ3v) is 5.40. The number of benzene rings is 2. The summed E-state index contributed by atoms with van der Waals surface area (Å²) >= 11 is 0. The number of ether oxygens (including phenoxy) is 2. The molecule has 33 heavy (non-hydrogen) atoms. The molecule has 1 atom stereocenters. The van der Waals surface area contributed by atoms with Crippen LogP contribution in [0.15, 0.2) is 78.6 Å². The third-order valence-electron chi connectivity index (χ3n) is 5.40. The predicted octanol–water partition coefficient (Wildman–Crippen LogP) is 4.51. The molecule has 1 aliphatic heterocycles. The van der Waals surface area contributed by atoms with Gasteiger partial charge in [0, 0.05) is 29.7 Å². The molecule has 0 saturated carbocycles. The quantitative estimate of drug-likeness (QED) is 0.328. The molecule has 168 valence electrons. The average Bonchev–Trinajstić information content (AvgIpc) is 3.13. The second-order valence-corrected chi connectivity index (χ2v) is 7.52. The first-order valence-corrected chi connectivity index (χ1v) is 10.6. The van der Waals surface area contributed by atoms with E-state index in [4.69, 9.17) is 9.47 Å². The Labute approximate surface area is 191 Å². The number of ketones is 1. The molecule has 1 amide bonds. The zero-order valence-electron chi connectivity index (χ0n) is 18.4. The van der Waals surface area contributed by atoms with Crippen molar-refractivity contribution in [3.63, 3.8) is 0 Å². The Kier molecular flexibility index (Phi) is 6.40. The SMILES string of the molecule is CCCOc1ccc(/C(O)=C2\C(=O)C(=O)N(c3cccc(OC)c3)C2c2ccncc2)cc1. The van der Waals surface area contributed by atoms with Crippen LogP contribution >= 0.6 is 0 Å². The molecule has 3 aromatic rings. The zero-order chi connectivity index (χ0) is 23.4. The minimum atomic E-state index is -0.823. The molecule has 0 aliphatic carbocycles. The summed E-state index contributed by atoms with van der Waals surface area (Å²) in [6, 6.07) is 16.3. The molecule has 1 aliphatic rings. The molecule has 2 heterocycles. The summed E-state index contributed by atoms with van der Waals surface area (Å²) in [5.74, 6) is -0.526. The summed E-state index contributed by atoms with van der Waals surface area (Å²) in [6.45, 7) is 2.60. The van der Waals surface area contributed by atoms with Gasteiger partial charge in [0.05, 0.1) is 25.3 Å². The van der Waals surface area contributed by atoms with Crippen molar-refractivity contribution in [2.24, 2.45) is 0 Å². The normalized spacial score (nSPS) is 17.3. The Balaban J connectivity index is 1.83. The monoisotopic (exact) mass is 444 g/mol. The largest absolute Gasteiger partial charge is 0.507 e. The number of nitrogens with zero attached hydrogens (tertiary/aromatic N) is 2. The van der Waals surface area contributed by atoms with E-state index in [0.29, 0.717) is 34.9 Å². The molecule has 1 unspecified atom stereocenters. The lowest BCUT2D eigenvalue weighted by atomic mass is 9.95. The van der Waals surface area contributed by atoms with Crippen LogP contribution in [-0.2, 0) is 9.59 Å². The number of aliphatic hydroxyl groups is 1. The fraction of sp³-hybridized carbons (Fsp3) is 0.192. The maximum absolute atomic E-state index is 13.2. The van der Waals surface area contributed by atoms with Crippen molar-refractivity contribution in [3.8, 4) is 11.5 Å². The van der Waals surface area contributed by atoms with Crippen molar-refractivity contribution in [2.75, 3.05) is 18.6 Å². The second-order valence-electron chi connectivity index (χ2n) is 7.52. The van der Waals surface area contributed by atoms with E-state index in [9.17, 15) is 14.7 Å². The second kappa shape index (κ2) is 9.56. The summed E-state index contributed by atoms with van der Waals surface area (Å²) < 4.78 is 10.9. The number of aliphatic hydroxyl groups excluding tert-OH is 1. The highest BCUT2D eigenvalue weighted by Gasteiger charge is 2.47. The molecule has 7 heteroatoms. The van der Waals surface area contributed by atoms with Gasteiger partial charge in [-0.1, -0.05) is 13.0 Å². The van der Waals surface area contributed by atoms with E-state index in [-0.39, 0.29) is 11.3 Å². The van der Waals surface area contributed by atoms with Crippen molar-refractivity contribution in [1.82, 2.24) is 4.98 Å². The van der Waals surface area contributed by atoms with Crippen molar-refractivity contribution in [3.05, 3.63) is 89.8 Å². The van der Waals surface area contributed by atoms with E-state index in [1.54, 1.807) is 73.1 Å². The molecule has 7 nitrogen and oxygen atoms in total. The highest BCUT2D eigenvalue weighted by Crippen LogP contribution is 2.42. The lowest BCUT2D eigenvalue weighted by molar-refractivity contribution is -0.132. The lowest BCUT2D eigenvalue weighted by Crippen LogP contribution is -2.29. The molecule has 0 spiro atoms. The van der Waals surface area contributed by atoms with Crippen LogP contribution in [0.2, 0.25) is 0 Å². The number of aromatic nitrogens is 1. The number of amides is 1. The molecule has 4 rings (SSSR count). The van der Waals surface area contributed by atoms with Crippen LogP contribution in [0.25, 0.3) is 5.76 Å². The number of rotatable bonds is 7. The first-order valence-electron chi connectivity index (χ1n) is 10.6. The van der Waals surface area contributed by atoms with E-state index in [1.807, 2.05) is 6.92 Å². The average molecular weight is 444 g/mol. The van der Waals surface area contributed by atoms with Gasteiger partial charge < -0.3 is 14.6 Å². The van der Waals surface area contributed by atoms with Gasteiger partial charge in [0.2, 0.25) is 0 Å². The summed E-state index contributed by atoms with van der Waals surface area (Å²) in [4.78, 5) is 31.8. The number of methoxy groups -OCH3 is 1. The van der Waals surface area contributed by atoms with Crippen LogP contribution in [-0.4, -0.2) is 35.5 Å². The molecule has 1 saturated heterocycles. The van der Waals surface area contributed by atoms with E-state index in [1.165, 1.54) is 12.0 Å². The van der Waals surface area contributed by atoms with Crippen molar-refractivity contribution < 1.29 is 24.2 Å². The third kappa shape index (κ3) is 4.30. The molecule has 1 fully saturated rings. The Bertz CT molecular complexity index is 1190. The Hall–Kier alpha value is -4.13. The van der Waals surface area contributed by atoms with Crippen LogP contribution in [0.5, 0.6) is 11.5 Å². The molecule has 1 aromatic heterocycles. The summed E-state index contributed by atoms with van der Waals surface area (Å²) in [5, 5.41) is 11.2. The van der Waals surface area contributed by atoms with Gasteiger partial charge in [-0.25, -0.2) is 0 Å². The minimum Gasteiger partial charge on any atom is -0.507 e. The lowest BCUT2D eigenvalue weighted by Gasteiger charge is -2.25. The maximum Gasteiger partial charge on any atom is 0.300 e. The Morgan fingerprint density at radius 3 is 2.42 bits per heavy atom. The number of carbonyl (C=O) groups is 2. The van der Waals surface area contributed by atoms with Crippen molar-refractivity contribution >= 4 is 23.1 Å². The highest BCUT2D eigenvalue weighted by atomic mass is 16.5. The molecular formula is C26H24N2O5. The van der Waals surface area contributed by atoms with Crippen molar-refractivity contribution in [2.45, 2.75) is 19.4 Å². The minimum absolute atomic E-state index is 0.0104. The topological polar surface area (TPSA) is 89.0 Å². The van der Waals surface area contributed by atoms with E-state index in [2.05, 4.69) is 4.98 Å². The maximum atomic E-state index is 13.2. The highest BCUT2D eigenvalue weighted by molar-refractivity contribution is 6.51. The van der Waals surface area contributed by atoms with Crippen LogP contribution in [0.4, 0.5) is 5.69 Å². The summed E-state index contributed by atoms with van der Waals surface area (Å²) in [6.07, 6.45) is 4.04. The fourth-order valence-corrected chi connectivity index (χ4v) is 3.80. The van der Waals surface area contributed by atoms with E-state index >= 15 is 0 Å². The standard InChI is InChI=1S/C26H24N2O5/c1-3-15-33-20-9-7-18(8-10-20)24(29)22-23(17-11-13-27-14-12-17)28(26(31)25(22)30)19-5-4-6-21(16-19)32-2/h4-14,16,23,29H,3,15H2,1-2H3/b24-22+. The van der Waals surface area contributed by atoms with Gasteiger partial charge >= 0.3 is 0 Å². The summed E-state index contributed by atoms with van der Waals surface area (Å²) in [7, 11) is 1.53. The smallest absolute Gasteiger partial charge is 0.300 e. The van der Waals surface area contributed by atoms with Gasteiger partial charge in [-0.05, 0) is 60.5 Å². The fourth-order valence-electron chi connectivity index (χ4n) is 3.80. The number of carbonyl (C=O) groups excluding carboxylic acids is 2. The first kappa shape index (κ1) is 22.1. The molecular weight excluding hydrogens is 420 g/mol. The Morgan fingerprint density at radius 2 is 1.76 bits per heavy atom. The first-order chi connectivity index (χ1) is 16.0. The van der Waals surface area contributed by atoms with Crippen LogP contribution in [0.3, 0.4) is 0 Å². The van der Waals surface area contributed by atoms with Gasteiger partial charge in [-0.15, -0.1) is 0 Å². The van der Waals surface area contributed by atoms with Crippen molar-refractivity contribution in [1.29, 1.82) is 0 Å². The Morgan fingerprint density at radius 1 is 1.03 bits per heavy atom. The van der Waals surface area contributed by atoms with Crippen LogP contribution < -0.4 is 14.4 Å². The number of Topliss-reactive ketones (excluding diaryl/α,β-unsaturated/α-hetero) is 1. The van der Waals surface area contributed by atoms with E-state index < -0.39 is 17.7 Å². The van der Waals surface area contributed by atoms with E-state index in [0.717, 1.165) is 6.42 Å². The predicted molar refractivity (Wildman–Crippen MR) is 124 cm³/mol. The molecule has 0 radical (unpaired) electrons. The van der Waals surface area contributed by atoms with Crippen LogP contribution in [0, 0.1) is 0 Å². The number of anilines is 1. The van der Waals surface area contributed by atoms with Crippen LogP contribution in [0.1, 0.15) is 30.5 Å². The molecule has 1 N–H and O–H groups in total. The number of hydrogen-bond acceptors (Lipinski definition) is 6. The zero-order valence-corrected chi connectivity index (χ0v) is 18.4. The van der Waals surface area contributed by atoms with Gasteiger partial charge in [0.1, 0.15) is 17.3 Å². The summed E-state index contributed by atoms with van der Waals surface area (Å²) in [5.41, 5.74) is 1.56. The van der Waals surface area contributed by atoms with Gasteiger partial charge in [-0.2, -0.15) is 0 Å². The number of hydrogen-bond donors (Lipinski definition) is 1. The van der Waals surface area contributed by atoms with Gasteiger partial charge in [-0.3, -0.25) is 19.5 Å². The van der Waals surface area contributed by atoms with Gasteiger partial charge in [0.25, 0.3) is 11.7 Å². The number of pyridine rings is 1. The van der Waals surface area contributed by atoms with Gasteiger partial charge in [0.15, 0.2) is 0 Å². The molecule has 2 aromatic carbocycles. The molecule has 0 bridgehead atoms.